The van der Waals surface area contributed by atoms with Crippen LogP contribution in [0.25, 0.3) is 0 Å². The average Bonchev–Trinajstić information content (AvgIpc) is 2.64. The average molecular weight is 261 g/mol. The molecule has 0 aliphatic heterocycles. The van der Waals surface area contributed by atoms with E-state index >= 15 is 0 Å². The van der Waals surface area contributed by atoms with Crippen molar-refractivity contribution >= 4 is 16.0 Å². The smallest absolute Gasteiger partial charge is 0.321 e. The maximum atomic E-state index is 11.8. The van der Waals surface area contributed by atoms with Gasteiger partial charge in [0.2, 0.25) is 10.0 Å². The molecule has 0 aliphatic rings. The lowest BCUT2D eigenvalue weighted by atomic mass is 10.2. The maximum absolute atomic E-state index is 11.8. The van der Waals surface area contributed by atoms with Crippen LogP contribution < -0.4 is 4.72 Å². The van der Waals surface area contributed by atoms with Crippen molar-refractivity contribution in [3.63, 3.8) is 0 Å². The zero-order valence-electron chi connectivity index (χ0n) is 9.62. The zero-order chi connectivity index (χ0) is 13.1. The van der Waals surface area contributed by atoms with E-state index in [2.05, 4.69) is 9.82 Å². The van der Waals surface area contributed by atoms with E-state index in [0.717, 1.165) is 0 Å². The Balaban J connectivity index is 2.88. The summed E-state index contributed by atoms with van der Waals surface area (Å²) in [6, 6.07) is -1.11. The number of aromatic nitrogens is 2. The van der Waals surface area contributed by atoms with Crippen molar-refractivity contribution in [2.24, 2.45) is 7.05 Å². The van der Waals surface area contributed by atoms with Gasteiger partial charge < -0.3 is 5.11 Å². The molecular formula is C9H15N3O4S. The fourth-order valence-corrected chi connectivity index (χ4v) is 2.52. The first-order chi connectivity index (χ1) is 7.86. The number of aliphatic carboxylic acids is 1. The summed E-state index contributed by atoms with van der Waals surface area (Å²) in [5, 5.41) is 12.6. The monoisotopic (exact) mass is 261 g/mol. The predicted molar refractivity (Wildman–Crippen MR) is 59.9 cm³/mol. The molecule has 0 saturated carbocycles. The SMILES string of the molecule is CCCC(NS(=O)(=O)c1cnn(C)c1)C(=O)O. The van der Waals surface area contributed by atoms with Crippen LogP contribution in [0.15, 0.2) is 17.3 Å². The van der Waals surface area contributed by atoms with E-state index in [1.807, 2.05) is 0 Å². The summed E-state index contributed by atoms with van der Waals surface area (Å²) < 4.78 is 27.1. The first-order valence-electron chi connectivity index (χ1n) is 5.10. The molecule has 1 rings (SSSR count). The zero-order valence-corrected chi connectivity index (χ0v) is 10.4. The normalized spacial score (nSPS) is 13.5. The Morgan fingerprint density at radius 3 is 2.71 bits per heavy atom. The number of nitrogens with one attached hydrogen (secondary N) is 1. The molecule has 0 aromatic carbocycles. The summed E-state index contributed by atoms with van der Waals surface area (Å²) in [6.45, 7) is 1.79. The molecule has 96 valence electrons. The van der Waals surface area contributed by atoms with Crippen molar-refractivity contribution in [2.45, 2.75) is 30.7 Å². The van der Waals surface area contributed by atoms with E-state index in [9.17, 15) is 13.2 Å². The molecule has 8 heteroatoms. The number of carbonyl (C=O) groups is 1. The van der Waals surface area contributed by atoms with E-state index < -0.39 is 22.0 Å². The molecule has 0 spiro atoms. The molecular weight excluding hydrogens is 246 g/mol. The van der Waals surface area contributed by atoms with Gasteiger partial charge in [-0.25, -0.2) is 8.42 Å². The lowest BCUT2D eigenvalue weighted by molar-refractivity contribution is -0.139. The number of nitrogens with zero attached hydrogens (tertiary/aromatic N) is 2. The van der Waals surface area contributed by atoms with E-state index in [0.29, 0.717) is 6.42 Å². The van der Waals surface area contributed by atoms with Gasteiger partial charge in [0.25, 0.3) is 0 Å². The lowest BCUT2D eigenvalue weighted by Gasteiger charge is -2.12. The van der Waals surface area contributed by atoms with E-state index in [1.165, 1.54) is 17.1 Å². The van der Waals surface area contributed by atoms with Crippen LogP contribution in [-0.4, -0.2) is 35.3 Å². The van der Waals surface area contributed by atoms with E-state index in [4.69, 9.17) is 5.11 Å². The van der Waals surface area contributed by atoms with Gasteiger partial charge in [0.1, 0.15) is 10.9 Å². The van der Waals surface area contributed by atoms with Crippen molar-refractivity contribution in [1.82, 2.24) is 14.5 Å². The largest absolute Gasteiger partial charge is 0.480 e. The highest BCUT2D eigenvalue weighted by molar-refractivity contribution is 7.89. The van der Waals surface area contributed by atoms with Crippen molar-refractivity contribution < 1.29 is 18.3 Å². The van der Waals surface area contributed by atoms with Gasteiger partial charge in [0.15, 0.2) is 0 Å². The van der Waals surface area contributed by atoms with Gasteiger partial charge in [-0.15, -0.1) is 0 Å². The summed E-state index contributed by atoms with van der Waals surface area (Å²) in [5.41, 5.74) is 0. The van der Waals surface area contributed by atoms with Crippen LogP contribution in [0.2, 0.25) is 0 Å². The Hall–Kier alpha value is -1.41. The molecule has 2 N–H and O–H groups in total. The van der Waals surface area contributed by atoms with Crippen LogP contribution in [0.3, 0.4) is 0 Å². The van der Waals surface area contributed by atoms with E-state index in [-0.39, 0.29) is 11.3 Å². The van der Waals surface area contributed by atoms with Gasteiger partial charge in [0, 0.05) is 13.2 Å². The fourth-order valence-electron chi connectivity index (χ4n) is 1.31. The Bertz CT molecular complexity index is 494. The highest BCUT2D eigenvalue weighted by atomic mass is 32.2. The molecule has 0 bridgehead atoms. The summed E-state index contributed by atoms with van der Waals surface area (Å²) in [5.74, 6) is -1.18. The molecule has 1 atom stereocenters. The van der Waals surface area contributed by atoms with Gasteiger partial charge in [-0.2, -0.15) is 9.82 Å². The second-order valence-electron chi connectivity index (χ2n) is 3.65. The number of hydrogen-bond acceptors (Lipinski definition) is 4. The summed E-state index contributed by atoms with van der Waals surface area (Å²) in [7, 11) is -2.24. The van der Waals surface area contributed by atoms with Gasteiger partial charge in [0.05, 0.1) is 6.20 Å². The van der Waals surface area contributed by atoms with Crippen molar-refractivity contribution in [3.05, 3.63) is 12.4 Å². The number of hydrogen-bond donors (Lipinski definition) is 2. The Labute approximate surface area is 99.5 Å². The van der Waals surface area contributed by atoms with Gasteiger partial charge in [-0.3, -0.25) is 9.48 Å². The third-order valence-electron chi connectivity index (χ3n) is 2.16. The predicted octanol–water partition coefficient (Wildman–Crippen LogP) is -0.0483. The van der Waals surface area contributed by atoms with Crippen LogP contribution in [0.1, 0.15) is 19.8 Å². The highest BCUT2D eigenvalue weighted by Crippen LogP contribution is 2.09. The van der Waals surface area contributed by atoms with Gasteiger partial charge >= 0.3 is 5.97 Å². The first kappa shape index (κ1) is 13.7. The quantitative estimate of drug-likeness (QED) is 0.747. The third kappa shape index (κ3) is 3.53. The number of sulfonamides is 1. The highest BCUT2D eigenvalue weighted by Gasteiger charge is 2.25. The van der Waals surface area contributed by atoms with Crippen molar-refractivity contribution in [1.29, 1.82) is 0 Å². The van der Waals surface area contributed by atoms with Crippen molar-refractivity contribution in [2.75, 3.05) is 0 Å². The molecule has 1 aromatic rings. The van der Waals surface area contributed by atoms with Gasteiger partial charge in [-0.1, -0.05) is 13.3 Å². The van der Waals surface area contributed by atoms with Crippen LogP contribution in [-0.2, 0) is 21.9 Å². The molecule has 1 unspecified atom stereocenters. The topological polar surface area (TPSA) is 101 Å². The maximum Gasteiger partial charge on any atom is 0.321 e. The lowest BCUT2D eigenvalue weighted by Crippen LogP contribution is -2.40. The minimum absolute atomic E-state index is 0.0395. The molecule has 7 nitrogen and oxygen atoms in total. The Morgan fingerprint density at radius 1 is 1.65 bits per heavy atom. The first-order valence-corrected chi connectivity index (χ1v) is 6.59. The third-order valence-corrected chi connectivity index (χ3v) is 3.59. The summed E-state index contributed by atoms with van der Waals surface area (Å²) in [4.78, 5) is 10.8. The molecule has 0 fully saturated rings. The van der Waals surface area contributed by atoms with Crippen LogP contribution in [0, 0.1) is 0 Å². The summed E-state index contributed by atoms with van der Waals surface area (Å²) in [6.07, 6.45) is 3.31. The van der Waals surface area contributed by atoms with Gasteiger partial charge in [-0.05, 0) is 6.42 Å². The number of carboxylic acid groups (broad SMARTS) is 1. The number of carboxylic acids is 1. The molecule has 0 radical (unpaired) electrons. The molecule has 0 amide bonds. The minimum Gasteiger partial charge on any atom is -0.480 e. The molecule has 0 saturated heterocycles. The second kappa shape index (κ2) is 5.28. The molecule has 0 aliphatic carbocycles. The number of aryl methyl sites for hydroxylation is 1. The Kier molecular flexibility index (Phi) is 4.24. The van der Waals surface area contributed by atoms with E-state index in [1.54, 1.807) is 14.0 Å². The minimum atomic E-state index is -3.82. The fraction of sp³-hybridized carbons (Fsp3) is 0.556. The standard InChI is InChI=1S/C9H15N3O4S/c1-3-4-8(9(13)14)11-17(15,16)7-5-10-12(2)6-7/h5-6,8,11H,3-4H2,1-2H3,(H,13,14). The van der Waals surface area contributed by atoms with Crippen molar-refractivity contribution in [3.8, 4) is 0 Å². The molecule has 1 aromatic heterocycles. The molecule has 17 heavy (non-hydrogen) atoms. The molecule has 1 heterocycles. The number of rotatable bonds is 6. The van der Waals surface area contributed by atoms with Crippen LogP contribution in [0.4, 0.5) is 0 Å². The van der Waals surface area contributed by atoms with Crippen LogP contribution in [0.5, 0.6) is 0 Å². The second-order valence-corrected chi connectivity index (χ2v) is 5.36. The Morgan fingerprint density at radius 2 is 2.29 bits per heavy atom. The van der Waals surface area contributed by atoms with Crippen LogP contribution >= 0.6 is 0 Å². The summed E-state index contributed by atoms with van der Waals surface area (Å²) >= 11 is 0.